The first kappa shape index (κ1) is 14.2. The minimum absolute atomic E-state index is 0.230. The highest BCUT2D eigenvalue weighted by molar-refractivity contribution is 5.41. The Morgan fingerprint density at radius 1 is 0.905 bits per heavy atom. The number of hydrogen-bond acceptors (Lipinski definition) is 1. The van der Waals surface area contributed by atoms with E-state index < -0.39 is 0 Å². The van der Waals surface area contributed by atoms with Gasteiger partial charge in [0.1, 0.15) is 5.75 Å². The lowest BCUT2D eigenvalue weighted by molar-refractivity contribution is 0.414. The van der Waals surface area contributed by atoms with Crippen molar-refractivity contribution in [3.05, 3.63) is 65.2 Å². The second-order valence-electron chi connectivity index (χ2n) is 7.10. The Hall–Kier alpha value is -1.76. The maximum atomic E-state index is 5.33. The molecule has 0 N–H and O–H groups in total. The van der Waals surface area contributed by atoms with Crippen molar-refractivity contribution in [3.63, 3.8) is 0 Å². The van der Waals surface area contributed by atoms with Crippen LogP contribution in [0, 0.1) is 0 Å². The van der Waals surface area contributed by atoms with Gasteiger partial charge in [-0.05, 0) is 52.5 Å². The van der Waals surface area contributed by atoms with E-state index in [9.17, 15) is 0 Å². The third-order valence-electron chi connectivity index (χ3n) is 4.52. The molecule has 0 amide bonds. The second kappa shape index (κ2) is 5.22. The van der Waals surface area contributed by atoms with Gasteiger partial charge in [0, 0.05) is 0 Å². The predicted octanol–water partition coefficient (Wildman–Crippen LogP) is 5.26. The van der Waals surface area contributed by atoms with Gasteiger partial charge >= 0.3 is 0 Å². The van der Waals surface area contributed by atoms with Gasteiger partial charge in [-0.15, -0.1) is 0 Å². The summed E-state index contributed by atoms with van der Waals surface area (Å²) in [4.78, 5) is 0. The second-order valence-corrected chi connectivity index (χ2v) is 7.10. The molecular formula is C20H24O. The molecule has 0 aromatic heterocycles. The SMILES string of the molecule is COc1cccc([C@@H]2C[C@@H]2c2ccc(C(C)(C)C)cc2)c1. The highest BCUT2D eigenvalue weighted by Gasteiger charge is 2.39. The van der Waals surface area contributed by atoms with Crippen LogP contribution in [0.4, 0.5) is 0 Å². The molecule has 0 unspecified atom stereocenters. The molecule has 1 heteroatoms. The Morgan fingerprint density at radius 3 is 2.19 bits per heavy atom. The third-order valence-corrected chi connectivity index (χ3v) is 4.52. The van der Waals surface area contributed by atoms with Gasteiger partial charge in [0.2, 0.25) is 0 Å². The largest absolute Gasteiger partial charge is 0.497 e. The van der Waals surface area contributed by atoms with Crippen molar-refractivity contribution in [3.8, 4) is 5.75 Å². The molecule has 2 aromatic rings. The number of benzene rings is 2. The van der Waals surface area contributed by atoms with Crippen LogP contribution in [0.15, 0.2) is 48.5 Å². The van der Waals surface area contributed by atoms with E-state index in [4.69, 9.17) is 4.74 Å². The van der Waals surface area contributed by atoms with Crippen LogP contribution in [-0.4, -0.2) is 7.11 Å². The zero-order valence-corrected chi connectivity index (χ0v) is 13.4. The Morgan fingerprint density at radius 2 is 1.57 bits per heavy atom. The van der Waals surface area contributed by atoms with Crippen molar-refractivity contribution >= 4 is 0 Å². The molecule has 1 fully saturated rings. The highest BCUT2D eigenvalue weighted by atomic mass is 16.5. The van der Waals surface area contributed by atoms with Gasteiger partial charge in [-0.2, -0.15) is 0 Å². The molecule has 21 heavy (non-hydrogen) atoms. The molecule has 1 aliphatic carbocycles. The van der Waals surface area contributed by atoms with E-state index >= 15 is 0 Å². The molecule has 0 heterocycles. The van der Waals surface area contributed by atoms with Gasteiger partial charge in [-0.25, -0.2) is 0 Å². The van der Waals surface area contributed by atoms with Gasteiger partial charge in [0.15, 0.2) is 0 Å². The third kappa shape index (κ3) is 2.97. The summed E-state index contributed by atoms with van der Waals surface area (Å²) < 4.78 is 5.33. The molecule has 0 bridgehead atoms. The van der Waals surface area contributed by atoms with E-state index in [1.165, 1.54) is 23.1 Å². The van der Waals surface area contributed by atoms with E-state index in [0.717, 1.165) is 5.75 Å². The number of methoxy groups -OCH3 is 1. The molecule has 0 radical (unpaired) electrons. The summed E-state index contributed by atoms with van der Waals surface area (Å²) in [5.74, 6) is 2.29. The van der Waals surface area contributed by atoms with E-state index in [2.05, 4.69) is 63.2 Å². The van der Waals surface area contributed by atoms with Crippen LogP contribution >= 0.6 is 0 Å². The lowest BCUT2D eigenvalue weighted by Crippen LogP contribution is -2.10. The van der Waals surface area contributed by atoms with Gasteiger partial charge in [-0.3, -0.25) is 0 Å². The topological polar surface area (TPSA) is 9.23 Å². The van der Waals surface area contributed by atoms with Gasteiger partial charge in [-0.1, -0.05) is 57.2 Å². The summed E-state index contributed by atoms with van der Waals surface area (Å²) in [5.41, 5.74) is 4.51. The van der Waals surface area contributed by atoms with E-state index in [-0.39, 0.29) is 5.41 Å². The molecular weight excluding hydrogens is 256 g/mol. The lowest BCUT2D eigenvalue weighted by Gasteiger charge is -2.19. The predicted molar refractivity (Wildman–Crippen MR) is 88.2 cm³/mol. The van der Waals surface area contributed by atoms with Crippen LogP contribution in [0.25, 0.3) is 0 Å². The number of rotatable bonds is 3. The van der Waals surface area contributed by atoms with Crippen molar-refractivity contribution in [2.75, 3.05) is 7.11 Å². The first-order chi connectivity index (χ1) is 9.99. The normalized spacial score (nSPS) is 21.1. The van der Waals surface area contributed by atoms with Crippen LogP contribution in [0.5, 0.6) is 5.75 Å². The van der Waals surface area contributed by atoms with Gasteiger partial charge < -0.3 is 4.74 Å². The summed E-state index contributed by atoms with van der Waals surface area (Å²) in [5, 5.41) is 0. The molecule has 2 aromatic carbocycles. The molecule has 0 aliphatic heterocycles. The molecule has 1 nitrogen and oxygen atoms in total. The highest BCUT2D eigenvalue weighted by Crippen LogP contribution is 2.55. The van der Waals surface area contributed by atoms with Crippen LogP contribution < -0.4 is 4.74 Å². The first-order valence-corrected chi connectivity index (χ1v) is 7.73. The van der Waals surface area contributed by atoms with Crippen LogP contribution in [0.2, 0.25) is 0 Å². The number of hydrogen-bond donors (Lipinski definition) is 0. The van der Waals surface area contributed by atoms with Gasteiger partial charge in [0.05, 0.1) is 7.11 Å². The van der Waals surface area contributed by atoms with E-state index in [1.807, 2.05) is 6.07 Å². The molecule has 1 aliphatic rings. The molecule has 1 saturated carbocycles. The summed E-state index contributed by atoms with van der Waals surface area (Å²) in [6.07, 6.45) is 1.25. The molecule has 0 saturated heterocycles. The summed E-state index contributed by atoms with van der Waals surface area (Å²) >= 11 is 0. The van der Waals surface area contributed by atoms with Gasteiger partial charge in [0.25, 0.3) is 0 Å². The smallest absolute Gasteiger partial charge is 0.119 e. The van der Waals surface area contributed by atoms with E-state index in [0.29, 0.717) is 11.8 Å². The maximum Gasteiger partial charge on any atom is 0.119 e. The van der Waals surface area contributed by atoms with Crippen molar-refractivity contribution in [2.24, 2.45) is 0 Å². The van der Waals surface area contributed by atoms with Crippen molar-refractivity contribution in [1.82, 2.24) is 0 Å². The Balaban J connectivity index is 1.75. The van der Waals surface area contributed by atoms with E-state index in [1.54, 1.807) is 7.11 Å². The van der Waals surface area contributed by atoms with Crippen LogP contribution in [0.3, 0.4) is 0 Å². The zero-order valence-electron chi connectivity index (χ0n) is 13.4. The summed E-state index contributed by atoms with van der Waals surface area (Å²) in [7, 11) is 1.73. The minimum atomic E-state index is 0.230. The lowest BCUT2D eigenvalue weighted by atomic mass is 9.86. The fraction of sp³-hybridized carbons (Fsp3) is 0.400. The molecule has 110 valence electrons. The van der Waals surface area contributed by atoms with Crippen molar-refractivity contribution < 1.29 is 4.74 Å². The molecule has 2 atom stereocenters. The molecule has 0 spiro atoms. The monoisotopic (exact) mass is 280 g/mol. The van der Waals surface area contributed by atoms with Crippen LogP contribution in [0.1, 0.15) is 55.7 Å². The fourth-order valence-electron chi connectivity index (χ4n) is 3.03. The molecule has 3 rings (SSSR count). The standard InChI is InChI=1S/C20H24O/c1-20(2,3)16-10-8-14(9-11-16)18-13-19(18)15-6-5-7-17(12-15)21-4/h5-12,18-19H,13H2,1-4H3/t18-,19+/m1/s1. The maximum absolute atomic E-state index is 5.33. The Bertz CT molecular complexity index is 619. The minimum Gasteiger partial charge on any atom is -0.497 e. The average Bonchev–Trinajstić information content (AvgIpc) is 3.27. The number of ether oxygens (including phenoxy) is 1. The summed E-state index contributed by atoms with van der Waals surface area (Å²) in [6.45, 7) is 6.79. The quantitative estimate of drug-likeness (QED) is 0.744. The zero-order chi connectivity index (χ0) is 15.0. The first-order valence-electron chi connectivity index (χ1n) is 7.73. The van der Waals surface area contributed by atoms with Crippen LogP contribution in [-0.2, 0) is 5.41 Å². The average molecular weight is 280 g/mol. The van der Waals surface area contributed by atoms with Crippen molar-refractivity contribution in [2.45, 2.75) is 44.4 Å². The van der Waals surface area contributed by atoms with Crippen molar-refractivity contribution in [1.29, 1.82) is 0 Å². The Kier molecular flexibility index (Phi) is 3.52. The summed E-state index contributed by atoms with van der Waals surface area (Å²) in [6, 6.07) is 17.7. The fourth-order valence-corrected chi connectivity index (χ4v) is 3.03. The Labute approximate surface area is 128 Å².